The van der Waals surface area contributed by atoms with Gasteiger partial charge in [-0.2, -0.15) is 13.2 Å². The number of halogens is 4. The van der Waals surface area contributed by atoms with Crippen molar-refractivity contribution in [3.8, 4) is 0 Å². The van der Waals surface area contributed by atoms with E-state index in [1.807, 2.05) is 29.6 Å². The van der Waals surface area contributed by atoms with Gasteiger partial charge in [0.15, 0.2) is 9.84 Å². The molecule has 0 aliphatic rings. The smallest absolute Gasteiger partial charge is 0.348 e. The quantitative estimate of drug-likeness (QED) is 0.234. The number of carbonyl (C=O) groups excluding carboxylic acids is 1. The molecule has 1 N–H and O–H groups in total. The fourth-order valence-electron chi connectivity index (χ4n) is 4.61. The molecule has 0 fully saturated rings. The largest absolute Gasteiger partial charge is 0.416 e. The van der Waals surface area contributed by atoms with Gasteiger partial charge in [-0.15, -0.1) is 0 Å². The molecule has 1 amide bonds. The number of alkyl halides is 3. The Kier molecular flexibility index (Phi) is 9.16. The van der Waals surface area contributed by atoms with Gasteiger partial charge in [0.1, 0.15) is 0 Å². The Bertz CT molecular complexity index is 1660. The number of hydrogen-bond donors (Lipinski definition) is 1. The molecule has 0 saturated carbocycles. The van der Waals surface area contributed by atoms with Crippen molar-refractivity contribution in [1.29, 1.82) is 0 Å². The Morgan fingerprint density at radius 3 is 2.34 bits per heavy atom. The molecule has 41 heavy (non-hydrogen) atoms. The number of carbonyl (C=O) groups is 1. The summed E-state index contributed by atoms with van der Waals surface area (Å²) in [6.45, 7) is 3.01. The molecule has 0 atom stereocenters. The van der Waals surface area contributed by atoms with E-state index in [-0.39, 0.29) is 40.1 Å². The number of nitrogens with zero attached hydrogens (tertiary/aromatic N) is 2. The average molecular weight is 606 g/mol. The zero-order valence-corrected chi connectivity index (χ0v) is 24.5. The summed E-state index contributed by atoms with van der Waals surface area (Å²) in [6.07, 6.45) is -4.50. The molecule has 218 valence electrons. The summed E-state index contributed by atoms with van der Waals surface area (Å²) in [5, 5.41) is 3.60. The lowest BCUT2D eigenvalue weighted by Crippen LogP contribution is -2.22. The van der Waals surface area contributed by atoms with Crippen LogP contribution in [0.15, 0.2) is 71.6 Å². The highest BCUT2D eigenvalue weighted by Crippen LogP contribution is 2.35. The summed E-state index contributed by atoms with van der Waals surface area (Å²) >= 11 is 5.88. The van der Waals surface area contributed by atoms with E-state index >= 15 is 0 Å². The summed E-state index contributed by atoms with van der Waals surface area (Å²) in [4.78, 5) is 15.2. The topological polar surface area (TPSA) is 71.4 Å². The molecule has 0 aliphatic heterocycles. The highest BCUT2D eigenvalue weighted by atomic mass is 35.5. The first-order valence-electron chi connectivity index (χ1n) is 13.0. The SMILES string of the molecule is CCS(=O)(=O)c1ccc(CNC(=O)c2ccc3c(c2)cc(Cc2ccc(Cl)cc2C(F)(F)F)n3CCN(C)C)cc1. The van der Waals surface area contributed by atoms with Crippen LogP contribution in [0.3, 0.4) is 0 Å². The van der Waals surface area contributed by atoms with Gasteiger partial charge < -0.3 is 14.8 Å². The average Bonchev–Trinajstić information content (AvgIpc) is 3.27. The molecule has 6 nitrogen and oxygen atoms in total. The zero-order valence-electron chi connectivity index (χ0n) is 22.9. The van der Waals surface area contributed by atoms with Crippen LogP contribution in [0.2, 0.25) is 5.02 Å². The second kappa shape index (κ2) is 12.3. The van der Waals surface area contributed by atoms with E-state index in [4.69, 9.17) is 11.6 Å². The maximum absolute atomic E-state index is 13.8. The number of likely N-dealkylation sites (N-methyl/N-ethyl adjacent to an activating group) is 1. The third-order valence-corrected chi connectivity index (χ3v) is 8.87. The lowest BCUT2D eigenvalue weighted by atomic mass is 10.0. The second-order valence-corrected chi connectivity index (χ2v) is 12.8. The Morgan fingerprint density at radius 1 is 1.00 bits per heavy atom. The van der Waals surface area contributed by atoms with Gasteiger partial charge in [-0.3, -0.25) is 4.79 Å². The number of benzene rings is 3. The van der Waals surface area contributed by atoms with Gasteiger partial charge in [0.2, 0.25) is 0 Å². The van der Waals surface area contributed by atoms with Crippen LogP contribution in [0, 0.1) is 0 Å². The van der Waals surface area contributed by atoms with E-state index in [0.29, 0.717) is 24.3 Å². The Hall–Kier alpha value is -3.34. The van der Waals surface area contributed by atoms with Crippen LogP contribution in [0.1, 0.15) is 39.7 Å². The molecule has 0 bridgehead atoms. The van der Waals surface area contributed by atoms with Crippen molar-refractivity contribution in [2.75, 3.05) is 26.4 Å². The highest BCUT2D eigenvalue weighted by Gasteiger charge is 2.33. The van der Waals surface area contributed by atoms with E-state index in [0.717, 1.165) is 22.5 Å². The van der Waals surface area contributed by atoms with Crippen molar-refractivity contribution in [3.05, 3.63) is 99.7 Å². The molecule has 3 aromatic carbocycles. The lowest BCUT2D eigenvalue weighted by molar-refractivity contribution is -0.138. The van der Waals surface area contributed by atoms with Crippen LogP contribution in [-0.4, -0.2) is 50.2 Å². The van der Waals surface area contributed by atoms with Crippen LogP contribution in [0.25, 0.3) is 10.9 Å². The summed E-state index contributed by atoms with van der Waals surface area (Å²) in [5.41, 5.74) is 2.00. The fourth-order valence-corrected chi connectivity index (χ4v) is 5.66. The van der Waals surface area contributed by atoms with Crippen molar-refractivity contribution in [1.82, 2.24) is 14.8 Å². The Labute approximate surface area is 242 Å². The van der Waals surface area contributed by atoms with Crippen LogP contribution < -0.4 is 5.32 Å². The highest BCUT2D eigenvalue weighted by molar-refractivity contribution is 7.91. The third-order valence-electron chi connectivity index (χ3n) is 6.88. The van der Waals surface area contributed by atoms with E-state index < -0.39 is 21.6 Å². The Morgan fingerprint density at radius 2 is 1.71 bits per heavy atom. The molecular formula is C30H31ClF3N3O3S. The van der Waals surface area contributed by atoms with E-state index in [1.54, 1.807) is 37.3 Å². The minimum Gasteiger partial charge on any atom is -0.348 e. The maximum Gasteiger partial charge on any atom is 0.416 e. The minimum absolute atomic E-state index is 0.00728. The van der Waals surface area contributed by atoms with Crippen molar-refractivity contribution in [2.45, 2.75) is 37.5 Å². The standard InChI is InChI=1S/C30H31ClF3N3O3S/c1-4-41(39,40)26-10-5-20(6-11-26)19-35-29(38)22-8-12-28-23(15-22)17-25(37(28)14-13-36(2)3)16-21-7-9-24(31)18-27(21)30(32,33)34/h5-12,15,17-18H,4,13-14,16,19H2,1-3H3,(H,35,38). The number of amides is 1. The predicted molar refractivity (Wildman–Crippen MR) is 155 cm³/mol. The normalized spacial score (nSPS) is 12.3. The molecule has 0 aliphatic carbocycles. The van der Waals surface area contributed by atoms with E-state index in [2.05, 4.69) is 5.32 Å². The number of fused-ring (bicyclic) bond motifs is 1. The monoisotopic (exact) mass is 605 g/mol. The summed E-state index contributed by atoms with van der Waals surface area (Å²) < 4.78 is 67.3. The second-order valence-electron chi connectivity index (χ2n) is 10.1. The summed E-state index contributed by atoms with van der Waals surface area (Å²) in [5.74, 6) is -0.315. The number of rotatable bonds is 10. The molecular weight excluding hydrogens is 575 g/mol. The summed E-state index contributed by atoms with van der Waals surface area (Å²) in [6, 6.07) is 17.2. The van der Waals surface area contributed by atoms with E-state index in [9.17, 15) is 26.4 Å². The van der Waals surface area contributed by atoms with Crippen LogP contribution >= 0.6 is 11.6 Å². The van der Waals surface area contributed by atoms with Crippen LogP contribution in [0.5, 0.6) is 0 Å². The van der Waals surface area contributed by atoms with Gasteiger partial charge in [-0.05, 0) is 73.8 Å². The van der Waals surface area contributed by atoms with Gasteiger partial charge in [0.25, 0.3) is 5.91 Å². The van der Waals surface area contributed by atoms with Crippen LogP contribution in [-0.2, 0) is 35.5 Å². The molecule has 0 radical (unpaired) electrons. The maximum atomic E-state index is 13.8. The first-order valence-corrected chi connectivity index (χ1v) is 15.0. The number of sulfone groups is 1. The van der Waals surface area contributed by atoms with Crippen molar-refractivity contribution < 1.29 is 26.4 Å². The predicted octanol–water partition coefficient (Wildman–Crippen LogP) is 6.19. The first-order chi connectivity index (χ1) is 19.3. The van der Waals surface area contributed by atoms with Crippen LogP contribution in [0.4, 0.5) is 13.2 Å². The van der Waals surface area contributed by atoms with E-state index in [1.165, 1.54) is 24.3 Å². The van der Waals surface area contributed by atoms with Crippen molar-refractivity contribution in [3.63, 3.8) is 0 Å². The van der Waals surface area contributed by atoms with Gasteiger partial charge in [0, 0.05) is 53.2 Å². The molecule has 1 aromatic heterocycles. The molecule has 1 heterocycles. The van der Waals surface area contributed by atoms with Gasteiger partial charge in [-0.25, -0.2) is 8.42 Å². The Balaban J connectivity index is 1.60. The van der Waals surface area contributed by atoms with Gasteiger partial charge >= 0.3 is 6.18 Å². The molecule has 11 heteroatoms. The van der Waals surface area contributed by atoms with Gasteiger partial charge in [-0.1, -0.05) is 36.7 Å². The lowest BCUT2D eigenvalue weighted by Gasteiger charge is -2.17. The molecule has 4 rings (SSSR count). The molecule has 0 spiro atoms. The fraction of sp³-hybridized carbons (Fsp3) is 0.300. The van der Waals surface area contributed by atoms with Crippen molar-refractivity contribution >= 4 is 38.2 Å². The summed E-state index contributed by atoms with van der Waals surface area (Å²) in [7, 11) is 0.537. The molecule has 4 aromatic rings. The minimum atomic E-state index is -4.55. The number of aromatic nitrogens is 1. The van der Waals surface area contributed by atoms with Gasteiger partial charge in [0.05, 0.1) is 16.2 Å². The first kappa shape index (κ1) is 30.6. The third kappa shape index (κ3) is 7.30. The number of nitrogens with one attached hydrogen (secondary N) is 1. The van der Waals surface area contributed by atoms with Crippen molar-refractivity contribution in [2.24, 2.45) is 0 Å². The number of hydrogen-bond acceptors (Lipinski definition) is 4. The molecule has 0 unspecified atom stereocenters. The molecule has 0 saturated heterocycles. The zero-order chi connectivity index (χ0) is 29.9.